The van der Waals surface area contributed by atoms with Crippen molar-refractivity contribution in [2.45, 2.75) is 38.1 Å². The summed E-state index contributed by atoms with van der Waals surface area (Å²) in [6.45, 7) is 5.00. The van der Waals surface area contributed by atoms with Crippen LogP contribution < -0.4 is 0 Å². The largest absolute Gasteiger partial charge is 0.481 e. The first-order chi connectivity index (χ1) is 8.56. The molecule has 0 radical (unpaired) electrons. The molecule has 102 valence electrons. The van der Waals surface area contributed by atoms with Gasteiger partial charge in [-0.05, 0) is 25.7 Å². The summed E-state index contributed by atoms with van der Waals surface area (Å²) in [4.78, 5) is 26.3. The van der Waals surface area contributed by atoms with Gasteiger partial charge in [-0.2, -0.15) is 0 Å². The second-order valence-electron chi connectivity index (χ2n) is 4.72. The predicted octanol–water partition coefficient (Wildman–Crippen LogP) is 1.94. The Morgan fingerprint density at radius 3 is 2.89 bits per heavy atom. The highest BCUT2D eigenvalue weighted by atomic mass is 16.4. The Morgan fingerprint density at radius 2 is 2.28 bits per heavy atom. The fourth-order valence-electron chi connectivity index (χ4n) is 2.29. The standard InChI is InChI=1S/C13H22N2O3/c1-3-4-5-8-14(2)13(18)15-9-6-7-11(15)10-12(16)17/h3,11H,1,4-10H2,2H3,(H,16,17). The third-order valence-corrected chi connectivity index (χ3v) is 3.26. The van der Waals surface area contributed by atoms with Crippen molar-refractivity contribution in [2.75, 3.05) is 20.1 Å². The van der Waals surface area contributed by atoms with Crippen molar-refractivity contribution < 1.29 is 14.7 Å². The molecule has 1 atom stereocenters. The fraction of sp³-hybridized carbons (Fsp3) is 0.692. The van der Waals surface area contributed by atoms with Gasteiger partial charge in [0.05, 0.1) is 6.42 Å². The summed E-state index contributed by atoms with van der Waals surface area (Å²) in [5, 5.41) is 8.82. The second-order valence-corrected chi connectivity index (χ2v) is 4.72. The summed E-state index contributed by atoms with van der Waals surface area (Å²) in [5.41, 5.74) is 0. The zero-order chi connectivity index (χ0) is 13.5. The molecule has 0 aliphatic carbocycles. The Bertz CT molecular complexity index is 317. The van der Waals surface area contributed by atoms with Gasteiger partial charge < -0.3 is 14.9 Å². The van der Waals surface area contributed by atoms with Crippen LogP contribution in [0.3, 0.4) is 0 Å². The molecular weight excluding hydrogens is 232 g/mol. The van der Waals surface area contributed by atoms with Crippen molar-refractivity contribution in [2.24, 2.45) is 0 Å². The van der Waals surface area contributed by atoms with E-state index in [4.69, 9.17) is 5.11 Å². The average molecular weight is 254 g/mol. The number of rotatable bonds is 6. The van der Waals surface area contributed by atoms with Crippen molar-refractivity contribution in [3.05, 3.63) is 12.7 Å². The van der Waals surface area contributed by atoms with Crippen molar-refractivity contribution in [1.29, 1.82) is 0 Å². The van der Waals surface area contributed by atoms with Crippen LogP contribution in [0.25, 0.3) is 0 Å². The van der Waals surface area contributed by atoms with Crippen molar-refractivity contribution >= 4 is 12.0 Å². The molecule has 0 saturated carbocycles. The number of nitrogens with zero attached hydrogens (tertiary/aromatic N) is 2. The molecule has 1 saturated heterocycles. The molecule has 0 bridgehead atoms. The topological polar surface area (TPSA) is 60.9 Å². The van der Waals surface area contributed by atoms with E-state index in [1.165, 1.54) is 0 Å². The molecule has 0 aromatic heterocycles. The number of carbonyl (C=O) groups excluding carboxylic acids is 1. The van der Waals surface area contributed by atoms with Crippen LogP contribution in [0, 0.1) is 0 Å². The van der Waals surface area contributed by atoms with Gasteiger partial charge in [-0.1, -0.05) is 6.08 Å². The van der Waals surface area contributed by atoms with Gasteiger partial charge in [-0.25, -0.2) is 4.79 Å². The lowest BCUT2D eigenvalue weighted by Crippen LogP contribution is -2.44. The van der Waals surface area contributed by atoms with Gasteiger partial charge in [0.25, 0.3) is 0 Å². The number of urea groups is 1. The van der Waals surface area contributed by atoms with Crippen LogP contribution >= 0.6 is 0 Å². The van der Waals surface area contributed by atoms with Gasteiger partial charge >= 0.3 is 12.0 Å². The van der Waals surface area contributed by atoms with E-state index >= 15 is 0 Å². The lowest BCUT2D eigenvalue weighted by molar-refractivity contribution is -0.138. The molecule has 1 rings (SSSR count). The Hall–Kier alpha value is -1.52. The molecule has 2 amide bonds. The zero-order valence-corrected chi connectivity index (χ0v) is 11.0. The van der Waals surface area contributed by atoms with Crippen LogP contribution in [0.15, 0.2) is 12.7 Å². The zero-order valence-electron chi connectivity index (χ0n) is 11.0. The van der Waals surface area contributed by atoms with Gasteiger partial charge in [0.15, 0.2) is 0 Å². The van der Waals surface area contributed by atoms with Gasteiger partial charge in [-0.15, -0.1) is 6.58 Å². The molecule has 1 heterocycles. The van der Waals surface area contributed by atoms with E-state index in [1.54, 1.807) is 16.8 Å². The summed E-state index contributed by atoms with van der Waals surface area (Å²) in [5.74, 6) is -0.839. The van der Waals surface area contributed by atoms with Crippen LogP contribution in [-0.4, -0.2) is 53.1 Å². The smallest absolute Gasteiger partial charge is 0.320 e. The quantitative estimate of drug-likeness (QED) is 0.582. The fourth-order valence-corrected chi connectivity index (χ4v) is 2.29. The maximum absolute atomic E-state index is 12.2. The first-order valence-electron chi connectivity index (χ1n) is 6.40. The summed E-state index contributed by atoms with van der Waals surface area (Å²) >= 11 is 0. The number of allylic oxidation sites excluding steroid dienone is 1. The van der Waals surface area contributed by atoms with E-state index in [0.717, 1.165) is 25.7 Å². The Labute approximate surface area is 108 Å². The number of carbonyl (C=O) groups is 2. The molecule has 5 nitrogen and oxygen atoms in total. The van der Waals surface area contributed by atoms with Crippen LogP contribution in [-0.2, 0) is 4.79 Å². The van der Waals surface area contributed by atoms with Crippen molar-refractivity contribution in [1.82, 2.24) is 9.80 Å². The highest BCUT2D eigenvalue weighted by Gasteiger charge is 2.31. The van der Waals surface area contributed by atoms with Gasteiger partial charge in [0.1, 0.15) is 0 Å². The maximum atomic E-state index is 12.2. The Morgan fingerprint density at radius 1 is 1.56 bits per heavy atom. The number of hydrogen-bond donors (Lipinski definition) is 1. The number of hydrogen-bond acceptors (Lipinski definition) is 2. The van der Waals surface area contributed by atoms with Crippen molar-refractivity contribution in [3.8, 4) is 0 Å². The van der Waals surface area contributed by atoms with Crippen molar-refractivity contribution in [3.63, 3.8) is 0 Å². The van der Waals surface area contributed by atoms with E-state index in [-0.39, 0.29) is 18.5 Å². The molecule has 18 heavy (non-hydrogen) atoms. The van der Waals surface area contributed by atoms with Crippen LogP contribution in [0.1, 0.15) is 32.1 Å². The van der Waals surface area contributed by atoms with Gasteiger partial charge in [0.2, 0.25) is 0 Å². The van der Waals surface area contributed by atoms with E-state index < -0.39 is 5.97 Å². The third kappa shape index (κ3) is 4.05. The number of aliphatic carboxylic acids is 1. The minimum absolute atomic E-state index is 0.0479. The SMILES string of the molecule is C=CCCCN(C)C(=O)N1CCCC1CC(=O)O. The number of unbranched alkanes of at least 4 members (excludes halogenated alkanes) is 1. The van der Waals surface area contributed by atoms with Crippen LogP contribution in [0.5, 0.6) is 0 Å². The minimum atomic E-state index is -0.839. The molecule has 1 N–H and O–H groups in total. The molecule has 1 unspecified atom stereocenters. The molecule has 1 fully saturated rings. The van der Waals surface area contributed by atoms with Crippen LogP contribution in [0.2, 0.25) is 0 Å². The highest BCUT2D eigenvalue weighted by molar-refractivity contribution is 5.76. The average Bonchev–Trinajstić information content (AvgIpc) is 2.75. The summed E-state index contributed by atoms with van der Waals surface area (Å²) < 4.78 is 0. The molecule has 0 aromatic carbocycles. The maximum Gasteiger partial charge on any atom is 0.320 e. The predicted molar refractivity (Wildman–Crippen MR) is 69.4 cm³/mol. The summed E-state index contributed by atoms with van der Waals surface area (Å²) in [6, 6.07) is -0.195. The first-order valence-corrected chi connectivity index (χ1v) is 6.40. The Balaban J connectivity index is 2.48. The number of carboxylic acids is 1. The second kappa shape index (κ2) is 7.03. The van der Waals surface area contributed by atoms with Gasteiger partial charge in [-0.3, -0.25) is 4.79 Å². The summed E-state index contributed by atoms with van der Waals surface area (Å²) in [7, 11) is 1.77. The van der Waals surface area contributed by atoms with Gasteiger partial charge in [0, 0.05) is 26.2 Å². The van der Waals surface area contributed by atoms with E-state index in [1.807, 2.05) is 6.08 Å². The monoisotopic (exact) mass is 254 g/mol. The third-order valence-electron chi connectivity index (χ3n) is 3.26. The Kier molecular flexibility index (Phi) is 5.68. The molecular formula is C13H22N2O3. The molecule has 5 heteroatoms. The van der Waals surface area contributed by atoms with E-state index in [0.29, 0.717) is 13.1 Å². The lowest BCUT2D eigenvalue weighted by Gasteiger charge is -2.28. The number of amides is 2. The molecule has 0 aromatic rings. The normalized spacial score (nSPS) is 18.7. The molecule has 1 aliphatic heterocycles. The molecule has 1 aliphatic rings. The lowest BCUT2D eigenvalue weighted by atomic mass is 10.1. The first kappa shape index (κ1) is 14.5. The number of carboxylic acid groups (broad SMARTS) is 1. The van der Waals surface area contributed by atoms with Crippen LogP contribution in [0.4, 0.5) is 4.79 Å². The number of likely N-dealkylation sites (tertiary alicyclic amines) is 1. The van der Waals surface area contributed by atoms with E-state index in [2.05, 4.69) is 6.58 Å². The van der Waals surface area contributed by atoms with E-state index in [9.17, 15) is 9.59 Å². The minimum Gasteiger partial charge on any atom is -0.481 e. The summed E-state index contributed by atoms with van der Waals surface area (Å²) in [6.07, 6.45) is 5.34. The molecule has 0 spiro atoms. The highest BCUT2D eigenvalue weighted by Crippen LogP contribution is 2.21.